The molecule has 0 aromatic heterocycles. The molecular weight excluding hydrogens is 280 g/mol. The fourth-order valence-corrected chi connectivity index (χ4v) is 1.58. The average molecular weight is 294 g/mol. The van der Waals surface area contributed by atoms with Crippen LogP contribution in [0.3, 0.4) is 0 Å². The zero-order valence-corrected chi connectivity index (χ0v) is 10.8. The predicted molar refractivity (Wildman–Crippen MR) is 66.6 cm³/mol. The van der Waals surface area contributed by atoms with Gasteiger partial charge in [0.25, 0.3) is 12.3 Å². The van der Waals surface area contributed by atoms with Gasteiger partial charge in [-0.25, -0.2) is 8.78 Å². The summed E-state index contributed by atoms with van der Waals surface area (Å²) in [5, 5.41) is 9.17. The number of halogens is 3. The van der Waals surface area contributed by atoms with E-state index in [1.54, 1.807) is 18.2 Å². The van der Waals surface area contributed by atoms with Gasteiger partial charge in [-0.05, 0) is 18.2 Å². The van der Waals surface area contributed by atoms with Crippen molar-refractivity contribution in [2.75, 3.05) is 26.3 Å². The fraction of sp³-hybridized carbons (Fsp3) is 0.417. The predicted octanol–water partition coefficient (Wildman–Crippen LogP) is 1.80. The molecule has 0 aliphatic heterocycles. The van der Waals surface area contributed by atoms with Gasteiger partial charge in [0.1, 0.15) is 5.75 Å². The van der Waals surface area contributed by atoms with Crippen molar-refractivity contribution in [2.45, 2.75) is 6.43 Å². The highest BCUT2D eigenvalue weighted by atomic mass is 35.5. The fourth-order valence-electron chi connectivity index (χ4n) is 1.40. The number of aliphatic hydroxyl groups is 1. The second-order valence-electron chi connectivity index (χ2n) is 3.70. The van der Waals surface area contributed by atoms with Crippen LogP contribution in [-0.4, -0.2) is 48.6 Å². The van der Waals surface area contributed by atoms with Gasteiger partial charge in [0.15, 0.2) is 6.61 Å². The number of amides is 1. The van der Waals surface area contributed by atoms with Crippen molar-refractivity contribution >= 4 is 17.5 Å². The van der Waals surface area contributed by atoms with Crippen LogP contribution in [0.25, 0.3) is 0 Å². The van der Waals surface area contributed by atoms with E-state index < -0.39 is 18.9 Å². The van der Waals surface area contributed by atoms with Crippen molar-refractivity contribution in [3.63, 3.8) is 0 Å². The number of hydrogen-bond donors (Lipinski definition) is 1. The minimum atomic E-state index is -2.65. The molecule has 0 atom stereocenters. The second kappa shape index (κ2) is 7.91. The summed E-state index contributed by atoms with van der Waals surface area (Å²) in [5.74, 6) is -0.240. The quantitative estimate of drug-likeness (QED) is 0.834. The Morgan fingerprint density at radius 2 is 2.21 bits per heavy atom. The van der Waals surface area contributed by atoms with Crippen LogP contribution in [-0.2, 0) is 4.79 Å². The maximum Gasteiger partial charge on any atom is 0.260 e. The number of aliphatic hydroxyl groups excluding tert-OH is 1. The van der Waals surface area contributed by atoms with Gasteiger partial charge in [-0.2, -0.15) is 0 Å². The number of benzene rings is 1. The number of hydrogen-bond acceptors (Lipinski definition) is 3. The Kier molecular flexibility index (Phi) is 6.52. The van der Waals surface area contributed by atoms with Gasteiger partial charge in [-0.1, -0.05) is 17.7 Å². The topological polar surface area (TPSA) is 49.8 Å². The molecule has 0 bridgehead atoms. The molecule has 1 rings (SSSR count). The minimum absolute atomic E-state index is 0.151. The van der Waals surface area contributed by atoms with Crippen molar-refractivity contribution in [2.24, 2.45) is 0 Å². The van der Waals surface area contributed by atoms with E-state index in [0.29, 0.717) is 10.8 Å². The molecule has 0 heterocycles. The molecule has 0 unspecified atom stereocenters. The van der Waals surface area contributed by atoms with Gasteiger partial charge in [-0.15, -0.1) is 0 Å². The Labute approximate surface area is 114 Å². The summed E-state index contributed by atoms with van der Waals surface area (Å²) in [6.45, 7) is -1.64. The number of ether oxygens (including phenoxy) is 1. The molecule has 0 radical (unpaired) electrons. The Balaban J connectivity index is 2.52. The summed E-state index contributed by atoms with van der Waals surface area (Å²) in [7, 11) is 0. The van der Waals surface area contributed by atoms with Crippen LogP contribution in [0.1, 0.15) is 0 Å². The highest BCUT2D eigenvalue weighted by Crippen LogP contribution is 2.17. The number of nitrogens with zero attached hydrogens (tertiary/aromatic N) is 1. The summed E-state index contributed by atoms with van der Waals surface area (Å²) in [4.78, 5) is 12.5. The smallest absolute Gasteiger partial charge is 0.260 e. The lowest BCUT2D eigenvalue weighted by atomic mass is 10.3. The standard InChI is InChI=1S/C12H14ClF2NO3/c13-9-2-1-3-10(6-9)19-8-12(18)16(4-5-17)7-11(14)15/h1-3,6,11,17H,4-5,7-8H2. The van der Waals surface area contributed by atoms with Gasteiger partial charge in [0.05, 0.1) is 13.2 Å². The minimum Gasteiger partial charge on any atom is -0.484 e. The van der Waals surface area contributed by atoms with E-state index in [0.717, 1.165) is 4.90 Å². The van der Waals surface area contributed by atoms with Crippen LogP contribution in [0.5, 0.6) is 5.75 Å². The van der Waals surface area contributed by atoms with Crippen molar-refractivity contribution in [1.29, 1.82) is 0 Å². The first kappa shape index (κ1) is 15.7. The number of carbonyl (C=O) groups is 1. The number of carbonyl (C=O) groups excluding carboxylic acids is 1. The van der Waals surface area contributed by atoms with Crippen LogP contribution in [0.4, 0.5) is 8.78 Å². The molecule has 19 heavy (non-hydrogen) atoms. The normalized spacial score (nSPS) is 10.6. The van der Waals surface area contributed by atoms with Gasteiger partial charge in [-0.3, -0.25) is 4.79 Å². The molecular formula is C12H14ClF2NO3. The molecule has 1 N–H and O–H groups in total. The van der Waals surface area contributed by atoms with Crippen LogP contribution < -0.4 is 4.74 Å². The Morgan fingerprint density at radius 3 is 2.79 bits per heavy atom. The van der Waals surface area contributed by atoms with Crippen LogP contribution in [0.15, 0.2) is 24.3 Å². The van der Waals surface area contributed by atoms with E-state index in [1.165, 1.54) is 6.07 Å². The molecule has 4 nitrogen and oxygen atoms in total. The van der Waals surface area contributed by atoms with E-state index >= 15 is 0 Å². The van der Waals surface area contributed by atoms with E-state index in [4.69, 9.17) is 21.4 Å². The SMILES string of the molecule is O=C(COc1cccc(Cl)c1)N(CCO)CC(F)F. The number of alkyl halides is 2. The van der Waals surface area contributed by atoms with Gasteiger partial charge in [0.2, 0.25) is 0 Å². The third-order valence-corrected chi connectivity index (χ3v) is 2.47. The van der Waals surface area contributed by atoms with Crippen molar-refractivity contribution < 1.29 is 23.4 Å². The van der Waals surface area contributed by atoms with Gasteiger partial charge < -0.3 is 14.7 Å². The Morgan fingerprint density at radius 1 is 1.47 bits per heavy atom. The van der Waals surface area contributed by atoms with E-state index in [9.17, 15) is 13.6 Å². The monoisotopic (exact) mass is 293 g/mol. The summed E-state index contributed by atoms with van der Waals surface area (Å²) in [5.41, 5.74) is 0. The van der Waals surface area contributed by atoms with Crippen molar-refractivity contribution in [3.05, 3.63) is 29.3 Å². The summed E-state index contributed by atoms with van der Waals surface area (Å²) in [6.07, 6.45) is -2.65. The first-order valence-electron chi connectivity index (χ1n) is 5.58. The summed E-state index contributed by atoms with van der Waals surface area (Å²) in [6, 6.07) is 6.40. The van der Waals surface area contributed by atoms with Crippen LogP contribution >= 0.6 is 11.6 Å². The first-order valence-corrected chi connectivity index (χ1v) is 5.96. The lowest BCUT2D eigenvalue weighted by Gasteiger charge is -2.21. The van der Waals surface area contributed by atoms with Crippen molar-refractivity contribution in [1.82, 2.24) is 4.90 Å². The molecule has 106 valence electrons. The zero-order valence-electron chi connectivity index (χ0n) is 10.1. The highest BCUT2D eigenvalue weighted by molar-refractivity contribution is 6.30. The van der Waals surface area contributed by atoms with E-state index in [-0.39, 0.29) is 19.8 Å². The molecule has 0 saturated heterocycles. The zero-order chi connectivity index (χ0) is 14.3. The van der Waals surface area contributed by atoms with Gasteiger partial charge >= 0.3 is 0 Å². The van der Waals surface area contributed by atoms with Crippen LogP contribution in [0.2, 0.25) is 5.02 Å². The van der Waals surface area contributed by atoms with Crippen LogP contribution in [0, 0.1) is 0 Å². The average Bonchev–Trinajstić information content (AvgIpc) is 2.35. The molecule has 1 aromatic carbocycles. The van der Waals surface area contributed by atoms with E-state index in [2.05, 4.69) is 0 Å². The maximum atomic E-state index is 12.3. The molecule has 0 spiro atoms. The molecule has 0 aliphatic rings. The molecule has 0 fully saturated rings. The molecule has 1 amide bonds. The molecule has 0 saturated carbocycles. The Bertz CT molecular complexity index is 418. The van der Waals surface area contributed by atoms with Gasteiger partial charge in [0, 0.05) is 11.6 Å². The number of rotatable bonds is 7. The molecule has 7 heteroatoms. The molecule has 0 aliphatic carbocycles. The van der Waals surface area contributed by atoms with E-state index in [1.807, 2.05) is 0 Å². The summed E-state index contributed by atoms with van der Waals surface area (Å²) >= 11 is 5.73. The lowest BCUT2D eigenvalue weighted by Crippen LogP contribution is -2.40. The van der Waals surface area contributed by atoms with Crippen molar-refractivity contribution in [3.8, 4) is 5.75 Å². The lowest BCUT2D eigenvalue weighted by molar-refractivity contribution is -0.135. The molecule has 1 aromatic rings. The third kappa shape index (κ3) is 5.85. The maximum absolute atomic E-state index is 12.3. The summed E-state index contributed by atoms with van der Waals surface area (Å²) < 4.78 is 29.7. The highest BCUT2D eigenvalue weighted by Gasteiger charge is 2.18. The Hall–Kier alpha value is -1.40. The second-order valence-corrected chi connectivity index (χ2v) is 4.14. The largest absolute Gasteiger partial charge is 0.484 e. The third-order valence-electron chi connectivity index (χ3n) is 2.24. The first-order chi connectivity index (χ1) is 9.02.